The van der Waals surface area contributed by atoms with Gasteiger partial charge in [-0.25, -0.2) is 0 Å². The molecule has 10 atom stereocenters. The van der Waals surface area contributed by atoms with Crippen LogP contribution in [0.5, 0.6) is 0 Å². The molecular formula is C42H64P5Sn. The zero-order chi connectivity index (χ0) is 35.1. The number of hydrogen-bond acceptors (Lipinski definition) is 0. The van der Waals surface area contributed by atoms with Gasteiger partial charge in [0.2, 0.25) is 0 Å². The van der Waals surface area contributed by atoms with Crippen LogP contribution in [0.15, 0.2) is 60.7 Å². The Morgan fingerprint density at radius 1 is 0.750 bits per heavy atom. The molecule has 1 radical (unpaired) electrons. The maximum atomic E-state index is 2.62. The third-order valence-corrected chi connectivity index (χ3v) is 53.0. The summed E-state index contributed by atoms with van der Waals surface area (Å²) in [6, 6.07) is 22.9. The zero-order valence-electron chi connectivity index (χ0n) is 32.6. The molecule has 5 aliphatic heterocycles. The van der Waals surface area contributed by atoms with Crippen LogP contribution in [0.1, 0.15) is 116 Å². The summed E-state index contributed by atoms with van der Waals surface area (Å²) in [5.74, 6) is 2.98. The molecule has 8 aliphatic rings. The van der Waals surface area contributed by atoms with Crippen molar-refractivity contribution in [3.63, 3.8) is 0 Å². The Kier molecular flexibility index (Phi) is 9.22. The fraction of sp³-hybridized carbons (Fsp3) is 0.690. The fourth-order valence-corrected chi connectivity index (χ4v) is 69.3. The molecule has 0 amide bonds. The predicted octanol–water partition coefficient (Wildman–Crippen LogP) is 13.7. The molecule has 4 saturated heterocycles. The third-order valence-electron chi connectivity index (χ3n) is 13.5. The van der Waals surface area contributed by atoms with Crippen LogP contribution in [-0.4, -0.2) is 39.2 Å². The van der Waals surface area contributed by atoms with E-state index < -0.39 is 19.8 Å². The minimum atomic E-state index is -1.78. The Bertz CT molecular complexity index is 1530. The molecule has 261 valence electrons. The molecule has 2 aromatic rings. The van der Waals surface area contributed by atoms with Gasteiger partial charge in [0.05, 0.1) is 9.54 Å². The average Bonchev–Trinajstić information content (AvgIpc) is 3.25. The SMILES string of the molecule is CC(C)(C)C1=PC2(C(C)(C)C)P3P4PC2(C(C)(C)C)P1C43C(C)(C)C.CC1(C)[C@H]2CC[C@@H]([CH2][Sn]([c]3ccccc3)[c]3ccccc3)[C@@H]1C2. The summed E-state index contributed by atoms with van der Waals surface area (Å²) in [5, 5.41) is 2.01. The van der Waals surface area contributed by atoms with E-state index in [0.717, 1.165) is 22.4 Å². The first kappa shape index (κ1) is 37.4. The monoisotopic (exact) mass is 843 g/mol. The quantitative estimate of drug-likeness (QED) is 0.213. The van der Waals surface area contributed by atoms with Crippen molar-refractivity contribution in [2.45, 2.75) is 135 Å². The maximum absolute atomic E-state index is 2.62. The van der Waals surface area contributed by atoms with Crippen LogP contribution in [-0.2, 0) is 0 Å². The number of fused-ring (bicyclic) bond motifs is 2. The van der Waals surface area contributed by atoms with Crippen molar-refractivity contribution in [2.24, 2.45) is 44.8 Å². The molecule has 0 aromatic heterocycles. The molecule has 3 saturated carbocycles. The fourth-order valence-electron chi connectivity index (χ4n) is 11.0. The minimum absolute atomic E-state index is 0.0222. The van der Waals surface area contributed by atoms with Crippen LogP contribution in [0, 0.1) is 44.8 Å². The topological polar surface area (TPSA) is 0 Å². The molecule has 3 aliphatic carbocycles. The van der Waals surface area contributed by atoms with Gasteiger partial charge in [-0.15, -0.1) is 0 Å². The molecule has 0 spiro atoms. The second-order valence-corrected chi connectivity index (χ2v) is 43.6. The van der Waals surface area contributed by atoms with Crippen LogP contribution in [0.3, 0.4) is 0 Å². The van der Waals surface area contributed by atoms with E-state index in [9.17, 15) is 0 Å². The third kappa shape index (κ3) is 4.96. The van der Waals surface area contributed by atoms with Crippen LogP contribution < -0.4 is 7.16 Å². The second-order valence-electron chi connectivity index (χ2n) is 20.6. The molecule has 8 bridgehead atoms. The molecule has 10 rings (SSSR count). The van der Waals surface area contributed by atoms with Crippen LogP contribution in [0.25, 0.3) is 0 Å². The first-order chi connectivity index (χ1) is 22.1. The van der Waals surface area contributed by atoms with Crippen molar-refractivity contribution in [2.75, 3.05) is 0 Å². The molecule has 7 fully saturated rings. The summed E-state index contributed by atoms with van der Waals surface area (Å²) in [6.07, 6.45) is 4.48. The molecule has 6 heteroatoms. The predicted molar refractivity (Wildman–Crippen MR) is 228 cm³/mol. The van der Waals surface area contributed by atoms with E-state index in [1.54, 1.807) is 7.16 Å². The van der Waals surface area contributed by atoms with Crippen molar-refractivity contribution < 1.29 is 0 Å². The molecule has 0 N–H and O–H groups in total. The summed E-state index contributed by atoms with van der Waals surface area (Å²) in [6.45, 7) is 36.2. The summed E-state index contributed by atoms with van der Waals surface area (Å²) >= 11 is -1.78. The first-order valence-corrected chi connectivity index (χ1v) is 31.2. The number of benzene rings is 2. The summed E-state index contributed by atoms with van der Waals surface area (Å²) in [5.41, 5.74) is 2.40. The summed E-state index contributed by atoms with van der Waals surface area (Å²) in [4.78, 5) is 1.25. The Morgan fingerprint density at radius 2 is 1.29 bits per heavy atom. The van der Waals surface area contributed by atoms with E-state index in [-0.39, 0.29) is 15.5 Å². The van der Waals surface area contributed by atoms with Gasteiger partial charge in [0.15, 0.2) is 0 Å². The molecule has 0 nitrogen and oxygen atoms in total. The molecular weight excluding hydrogens is 778 g/mol. The van der Waals surface area contributed by atoms with Gasteiger partial charge >= 0.3 is 148 Å². The van der Waals surface area contributed by atoms with Gasteiger partial charge in [-0.2, -0.15) is 0 Å². The van der Waals surface area contributed by atoms with Crippen molar-refractivity contribution in [1.82, 2.24) is 0 Å². The van der Waals surface area contributed by atoms with E-state index in [1.165, 1.54) is 32.0 Å². The van der Waals surface area contributed by atoms with Crippen molar-refractivity contribution in [1.29, 1.82) is 0 Å². The second kappa shape index (κ2) is 11.8. The summed E-state index contributed by atoms with van der Waals surface area (Å²) < 4.78 is 5.65. The normalized spacial score (nSPS) is 39.5. The van der Waals surface area contributed by atoms with Gasteiger partial charge in [0, 0.05) is 4.90 Å². The molecule has 2 aromatic carbocycles. The number of hydrogen-bond donors (Lipinski definition) is 0. The molecule has 5 heterocycles. The van der Waals surface area contributed by atoms with Gasteiger partial charge < -0.3 is 0 Å². The zero-order valence-corrected chi connectivity index (χ0v) is 40.1. The van der Waals surface area contributed by atoms with Crippen molar-refractivity contribution in [3.8, 4) is 0 Å². The molecule has 48 heavy (non-hydrogen) atoms. The van der Waals surface area contributed by atoms with Crippen LogP contribution >= 0.6 is 39.3 Å². The number of rotatable bonds is 4. The van der Waals surface area contributed by atoms with E-state index in [2.05, 4.69) is 158 Å². The average molecular weight is 843 g/mol. The van der Waals surface area contributed by atoms with Gasteiger partial charge in [0.25, 0.3) is 0 Å². The van der Waals surface area contributed by atoms with E-state index in [4.69, 9.17) is 0 Å². The van der Waals surface area contributed by atoms with Crippen molar-refractivity contribution >= 4 is 71.3 Å². The van der Waals surface area contributed by atoms with E-state index in [0.29, 0.717) is 44.2 Å². The standard InChI is InChI=1S/C20H37P5.C10H17.2C6H5.Sn/c1-14(2,3)13-21-18(15(4,5)6)19(16(7,8)9)22-25-20(23(13)19,24(18)25)17(10,11)12;1-7-4-5-8-6-9(7)10(8,2)3;2*1-2-4-6-5-3-1;/h22H,1-12H3;7-9H,1,4-6H2,2-3H3;2*1-5H;/t;7-,8+,9+;;;/m.1.../s1. The van der Waals surface area contributed by atoms with Crippen molar-refractivity contribution in [3.05, 3.63) is 60.7 Å². The Morgan fingerprint density at radius 3 is 1.69 bits per heavy atom. The molecule has 7 unspecified atom stereocenters. The first-order valence-electron chi connectivity index (χ1n) is 18.8. The van der Waals surface area contributed by atoms with Gasteiger partial charge in [-0.3, -0.25) is 0 Å². The Labute approximate surface area is 309 Å². The van der Waals surface area contributed by atoms with E-state index >= 15 is 0 Å². The van der Waals surface area contributed by atoms with Gasteiger partial charge in [-0.05, 0) is 49.5 Å². The Hall–Kier alpha value is 1.13. The van der Waals surface area contributed by atoms with Gasteiger partial charge in [-0.1, -0.05) is 99.6 Å². The van der Waals surface area contributed by atoms with Crippen LogP contribution in [0.4, 0.5) is 0 Å². The van der Waals surface area contributed by atoms with Gasteiger partial charge in [0.1, 0.15) is 0 Å². The summed E-state index contributed by atoms with van der Waals surface area (Å²) in [7, 11) is 3.69. The van der Waals surface area contributed by atoms with E-state index in [1.807, 2.05) is 13.2 Å². The van der Waals surface area contributed by atoms with Crippen LogP contribution in [0.2, 0.25) is 4.44 Å². The Balaban J connectivity index is 0.000000152.